The fourth-order valence-corrected chi connectivity index (χ4v) is 2.58. The number of nitriles is 1. The monoisotopic (exact) mass is 342 g/mol. The first-order chi connectivity index (χ1) is 12.7. The lowest BCUT2D eigenvalue weighted by molar-refractivity contribution is 0.484. The first kappa shape index (κ1) is 17.1. The highest BCUT2D eigenvalue weighted by Crippen LogP contribution is 2.34. The van der Waals surface area contributed by atoms with Crippen molar-refractivity contribution in [1.29, 1.82) is 5.26 Å². The van der Waals surface area contributed by atoms with Crippen molar-refractivity contribution in [1.82, 2.24) is 5.43 Å². The number of nitrogens with one attached hydrogen (secondary N) is 1. The average Bonchev–Trinajstić information content (AvgIpc) is 2.70. The van der Waals surface area contributed by atoms with Crippen LogP contribution in [-0.4, -0.2) is 0 Å². The van der Waals surface area contributed by atoms with E-state index in [1.165, 1.54) is 0 Å². The van der Waals surface area contributed by atoms with Crippen molar-refractivity contribution in [2.45, 2.75) is 0 Å². The average molecular weight is 342 g/mol. The van der Waals surface area contributed by atoms with Crippen LogP contribution in [0, 0.1) is 11.3 Å². The molecule has 0 heterocycles. The summed E-state index contributed by atoms with van der Waals surface area (Å²) in [5.74, 6) is 6.84. The maximum Gasteiger partial charge on any atom is 0.151 e. The van der Waals surface area contributed by atoms with Crippen LogP contribution in [-0.2, 0) is 0 Å². The molecule has 5 nitrogen and oxygen atoms in total. The van der Waals surface area contributed by atoms with Crippen LogP contribution >= 0.6 is 0 Å². The lowest BCUT2D eigenvalue weighted by atomic mass is 10.0. The third kappa shape index (κ3) is 3.66. The van der Waals surface area contributed by atoms with E-state index in [2.05, 4.69) is 5.43 Å². The number of ether oxygens (including phenoxy) is 1. The van der Waals surface area contributed by atoms with Crippen LogP contribution in [0.1, 0.15) is 5.56 Å². The SMILES string of the molecule is N#C/C(NN)=C(/N)c1cccc(-c2ccccc2Oc2ccccc2)c1. The molecule has 3 aromatic rings. The lowest BCUT2D eigenvalue weighted by Crippen LogP contribution is -2.23. The van der Waals surface area contributed by atoms with Crippen LogP contribution in [0.3, 0.4) is 0 Å². The molecule has 0 amide bonds. The van der Waals surface area contributed by atoms with Crippen LogP contribution in [0.25, 0.3) is 16.8 Å². The van der Waals surface area contributed by atoms with Gasteiger partial charge in [-0.25, -0.2) is 5.84 Å². The zero-order valence-corrected chi connectivity index (χ0v) is 14.0. The van der Waals surface area contributed by atoms with Crippen molar-refractivity contribution in [2.75, 3.05) is 0 Å². The summed E-state index contributed by atoms with van der Waals surface area (Å²) in [4.78, 5) is 0. The van der Waals surface area contributed by atoms with Crippen molar-refractivity contribution in [3.05, 3.63) is 90.1 Å². The first-order valence-corrected chi connectivity index (χ1v) is 8.02. The van der Waals surface area contributed by atoms with E-state index < -0.39 is 0 Å². The fourth-order valence-electron chi connectivity index (χ4n) is 2.58. The molecule has 0 aliphatic carbocycles. The van der Waals surface area contributed by atoms with Gasteiger partial charge < -0.3 is 15.9 Å². The molecule has 26 heavy (non-hydrogen) atoms. The van der Waals surface area contributed by atoms with Gasteiger partial charge in [-0.05, 0) is 29.8 Å². The molecule has 0 bridgehead atoms. The Balaban J connectivity index is 2.02. The van der Waals surface area contributed by atoms with Gasteiger partial charge in [-0.3, -0.25) is 0 Å². The number of benzene rings is 3. The Labute approximate surface area is 152 Å². The minimum Gasteiger partial charge on any atom is -0.457 e. The third-order valence-corrected chi connectivity index (χ3v) is 3.87. The number of nitrogens with two attached hydrogens (primary N) is 2. The third-order valence-electron chi connectivity index (χ3n) is 3.87. The van der Waals surface area contributed by atoms with Crippen molar-refractivity contribution in [3.8, 4) is 28.7 Å². The van der Waals surface area contributed by atoms with Crippen LogP contribution in [0.4, 0.5) is 0 Å². The number of nitrogens with zero attached hydrogens (tertiary/aromatic N) is 1. The van der Waals surface area contributed by atoms with Gasteiger partial charge in [0.05, 0.1) is 5.70 Å². The Morgan fingerprint density at radius 3 is 2.38 bits per heavy atom. The van der Waals surface area contributed by atoms with Gasteiger partial charge in [-0.1, -0.05) is 54.6 Å². The minimum atomic E-state index is 0.121. The zero-order chi connectivity index (χ0) is 18.4. The van der Waals surface area contributed by atoms with Gasteiger partial charge in [0.1, 0.15) is 17.6 Å². The second-order valence-electron chi connectivity index (χ2n) is 5.54. The largest absolute Gasteiger partial charge is 0.457 e. The summed E-state index contributed by atoms with van der Waals surface area (Å²) in [5.41, 5.74) is 11.3. The summed E-state index contributed by atoms with van der Waals surface area (Å²) in [5, 5.41) is 9.10. The molecule has 5 heteroatoms. The molecule has 3 rings (SSSR count). The normalized spacial score (nSPS) is 11.2. The Bertz CT molecular complexity index is 975. The molecule has 0 atom stereocenters. The zero-order valence-electron chi connectivity index (χ0n) is 14.0. The van der Waals surface area contributed by atoms with Gasteiger partial charge in [-0.15, -0.1) is 0 Å². The van der Waals surface area contributed by atoms with Gasteiger partial charge in [0.2, 0.25) is 0 Å². The first-order valence-electron chi connectivity index (χ1n) is 8.02. The van der Waals surface area contributed by atoms with Crippen LogP contribution < -0.4 is 21.7 Å². The van der Waals surface area contributed by atoms with E-state index in [0.29, 0.717) is 11.3 Å². The van der Waals surface area contributed by atoms with Gasteiger partial charge in [0.25, 0.3) is 0 Å². The predicted molar refractivity (Wildman–Crippen MR) is 102 cm³/mol. The molecule has 0 saturated carbocycles. The number of rotatable bonds is 5. The molecule has 128 valence electrons. The second kappa shape index (κ2) is 7.88. The quantitative estimate of drug-likeness (QED) is 0.373. The lowest BCUT2D eigenvalue weighted by Gasteiger charge is -2.13. The van der Waals surface area contributed by atoms with E-state index in [4.69, 9.17) is 21.6 Å². The van der Waals surface area contributed by atoms with Crippen LogP contribution in [0.15, 0.2) is 84.6 Å². The van der Waals surface area contributed by atoms with E-state index >= 15 is 0 Å². The molecule has 3 aromatic carbocycles. The molecule has 0 saturated heterocycles. The molecule has 0 radical (unpaired) electrons. The van der Waals surface area contributed by atoms with Crippen molar-refractivity contribution in [3.63, 3.8) is 0 Å². The summed E-state index contributed by atoms with van der Waals surface area (Å²) >= 11 is 0. The van der Waals surface area contributed by atoms with E-state index in [1.807, 2.05) is 84.9 Å². The highest BCUT2D eigenvalue weighted by Gasteiger charge is 2.10. The Kier molecular flexibility index (Phi) is 5.18. The van der Waals surface area contributed by atoms with Crippen LogP contribution in [0.2, 0.25) is 0 Å². The molecule has 0 fully saturated rings. The van der Waals surface area contributed by atoms with E-state index in [-0.39, 0.29) is 5.70 Å². The fraction of sp³-hybridized carbons (Fsp3) is 0. The summed E-state index contributed by atoms with van der Waals surface area (Å²) < 4.78 is 6.03. The highest BCUT2D eigenvalue weighted by molar-refractivity contribution is 5.76. The summed E-state index contributed by atoms with van der Waals surface area (Å²) in [6.07, 6.45) is 0. The summed E-state index contributed by atoms with van der Waals surface area (Å²) in [6.45, 7) is 0. The van der Waals surface area contributed by atoms with Crippen molar-refractivity contribution < 1.29 is 4.74 Å². The molecule has 0 unspecified atom stereocenters. The Hall–Kier alpha value is -3.75. The number of hydrazine groups is 1. The van der Waals surface area contributed by atoms with Gasteiger partial charge in [0, 0.05) is 11.1 Å². The number of hydrogen-bond acceptors (Lipinski definition) is 5. The van der Waals surface area contributed by atoms with Crippen LogP contribution in [0.5, 0.6) is 11.5 Å². The van der Waals surface area contributed by atoms with Gasteiger partial charge >= 0.3 is 0 Å². The van der Waals surface area contributed by atoms with E-state index in [9.17, 15) is 0 Å². The van der Waals surface area contributed by atoms with Crippen molar-refractivity contribution >= 4 is 5.70 Å². The maximum atomic E-state index is 9.10. The molecule has 0 aliphatic rings. The molecule has 0 spiro atoms. The number of hydrogen-bond donors (Lipinski definition) is 3. The smallest absolute Gasteiger partial charge is 0.151 e. The number of allylic oxidation sites excluding steroid dienone is 1. The second-order valence-corrected chi connectivity index (χ2v) is 5.54. The molecule has 0 aromatic heterocycles. The molecule has 0 aliphatic heterocycles. The minimum absolute atomic E-state index is 0.121. The summed E-state index contributed by atoms with van der Waals surface area (Å²) in [6, 6.07) is 26.9. The molecular weight excluding hydrogens is 324 g/mol. The number of para-hydroxylation sites is 2. The van der Waals surface area contributed by atoms with Gasteiger partial charge in [0.15, 0.2) is 5.70 Å². The molecule has 5 N–H and O–H groups in total. The molecular formula is C21H18N4O. The predicted octanol–water partition coefficient (Wildman–Crippen LogP) is 3.76. The van der Waals surface area contributed by atoms with E-state index in [0.717, 1.165) is 22.6 Å². The van der Waals surface area contributed by atoms with E-state index in [1.54, 1.807) is 0 Å². The Morgan fingerprint density at radius 1 is 0.923 bits per heavy atom. The standard InChI is InChI=1S/C21H18N4O/c22-14-19(25-24)21(23)16-8-6-7-15(13-16)18-11-4-5-12-20(18)26-17-9-2-1-3-10-17/h1-13,25H,23-24H2/b21-19-. The van der Waals surface area contributed by atoms with Gasteiger partial charge in [-0.2, -0.15) is 5.26 Å². The highest BCUT2D eigenvalue weighted by atomic mass is 16.5. The maximum absolute atomic E-state index is 9.10. The topological polar surface area (TPSA) is 97.1 Å². The Morgan fingerprint density at radius 2 is 1.65 bits per heavy atom. The van der Waals surface area contributed by atoms with Crippen molar-refractivity contribution in [2.24, 2.45) is 11.6 Å². The summed E-state index contributed by atoms with van der Waals surface area (Å²) in [7, 11) is 0.